The summed E-state index contributed by atoms with van der Waals surface area (Å²) < 4.78 is 10.5. The molecular weight excluding hydrogens is 354 g/mol. The second-order valence-corrected chi connectivity index (χ2v) is 6.66. The van der Waals surface area contributed by atoms with Crippen molar-refractivity contribution < 1.29 is 19.1 Å². The molecule has 0 saturated heterocycles. The zero-order valence-electron chi connectivity index (χ0n) is 13.7. The fourth-order valence-electron chi connectivity index (χ4n) is 2.68. The predicted octanol–water partition coefficient (Wildman–Crippen LogP) is 2.00. The van der Waals surface area contributed by atoms with Gasteiger partial charge in [0.25, 0.3) is 5.91 Å². The lowest BCUT2D eigenvalue weighted by Gasteiger charge is -2.27. The lowest BCUT2D eigenvalue weighted by Crippen LogP contribution is -2.42. The van der Waals surface area contributed by atoms with Gasteiger partial charge in [0.15, 0.2) is 11.5 Å². The molecule has 4 rings (SSSR count). The molecule has 0 spiro atoms. The molecule has 2 heterocycles. The Labute approximate surface area is 154 Å². The number of nitrogens with zero attached hydrogens (tertiary/aromatic N) is 2. The van der Waals surface area contributed by atoms with E-state index in [0.717, 1.165) is 16.1 Å². The van der Waals surface area contributed by atoms with Crippen LogP contribution < -0.4 is 19.8 Å². The molecule has 0 saturated carbocycles. The van der Waals surface area contributed by atoms with Crippen LogP contribution in [0.1, 0.15) is 5.56 Å². The number of hydrogen-bond donors (Lipinski definition) is 1. The monoisotopic (exact) mass is 369 g/mol. The maximum Gasteiger partial charge on any atom is 0.260 e. The van der Waals surface area contributed by atoms with E-state index in [2.05, 4.69) is 10.5 Å². The number of nitrogens with one attached hydrogen (secondary N) is 1. The van der Waals surface area contributed by atoms with Crippen LogP contribution in [0.2, 0.25) is 0 Å². The molecule has 0 aliphatic carbocycles. The first-order chi connectivity index (χ1) is 12.7. The minimum absolute atomic E-state index is 0.0745. The summed E-state index contributed by atoms with van der Waals surface area (Å²) in [5.41, 5.74) is 3.98. The number of benzene rings is 2. The molecule has 7 nitrogen and oxygen atoms in total. The van der Waals surface area contributed by atoms with E-state index in [9.17, 15) is 9.59 Å². The summed E-state index contributed by atoms with van der Waals surface area (Å²) in [7, 11) is 0. The number of ether oxygens (including phenoxy) is 2. The highest BCUT2D eigenvalue weighted by molar-refractivity contribution is 8.00. The lowest BCUT2D eigenvalue weighted by atomic mass is 10.2. The van der Waals surface area contributed by atoms with Gasteiger partial charge in [-0.1, -0.05) is 12.1 Å². The van der Waals surface area contributed by atoms with E-state index in [0.29, 0.717) is 17.3 Å². The Kier molecular flexibility index (Phi) is 4.49. The van der Waals surface area contributed by atoms with Crippen LogP contribution in [0.3, 0.4) is 0 Å². The van der Waals surface area contributed by atoms with Gasteiger partial charge in [0.2, 0.25) is 12.7 Å². The molecule has 2 aromatic carbocycles. The van der Waals surface area contributed by atoms with Crippen LogP contribution in [-0.4, -0.2) is 37.1 Å². The van der Waals surface area contributed by atoms with E-state index >= 15 is 0 Å². The molecule has 2 aliphatic rings. The van der Waals surface area contributed by atoms with E-state index < -0.39 is 0 Å². The molecule has 132 valence electrons. The first-order valence-corrected chi connectivity index (χ1v) is 8.93. The molecule has 1 N–H and O–H groups in total. The standard InChI is InChI=1S/C18H15N3O4S/c22-17(9-21-13-3-1-2-4-16(13)26-10-18(21)23)20-19-8-12-5-6-14-15(7-12)25-11-24-14/h1-8H,9-11H2,(H,20,22)/b19-8-. The first-order valence-electron chi connectivity index (χ1n) is 7.94. The van der Waals surface area contributed by atoms with E-state index in [-0.39, 0.29) is 25.2 Å². The van der Waals surface area contributed by atoms with Gasteiger partial charge in [-0.2, -0.15) is 5.10 Å². The van der Waals surface area contributed by atoms with Crippen LogP contribution in [0.5, 0.6) is 11.5 Å². The van der Waals surface area contributed by atoms with Gasteiger partial charge in [-0.05, 0) is 35.9 Å². The maximum absolute atomic E-state index is 12.2. The van der Waals surface area contributed by atoms with Gasteiger partial charge < -0.3 is 14.4 Å². The second-order valence-electron chi connectivity index (χ2n) is 5.64. The molecule has 0 aromatic heterocycles. The predicted molar refractivity (Wildman–Crippen MR) is 97.8 cm³/mol. The number of anilines is 1. The van der Waals surface area contributed by atoms with Crippen molar-refractivity contribution in [2.45, 2.75) is 4.90 Å². The minimum Gasteiger partial charge on any atom is -0.454 e. The lowest BCUT2D eigenvalue weighted by molar-refractivity contribution is -0.122. The van der Waals surface area contributed by atoms with Crippen molar-refractivity contribution in [3.05, 3.63) is 48.0 Å². The largest absolute Gasteiger partial charge is 0.454 e. The summed E-state index contributed by atoms with van der Waals surface area (Å²) in [5.74, 6) is 1.20. The molecule has 0 unspecified atom stereocenters. The molecule has 26 heavy (non-hydrogen) atoms. The highest BCUT2D eigenvalue weighted by Gasteiger charge is 2.26. The number of fused-ring (bicyclic) bond motifs is 2. The van der Waals surface area contributed by atoms with Crippen molar-refractivity contribution in [1.82, 2.24) is 5.43 Å². The normalized spacial score (nSPS) is 15.2. The third kappa shape index (κ3) is 3.36. The van der Waals surface area contributed by atoms with Gasteiger partial charge in [0.05, 0.1) is 17.7 Å². The van der Waals surface area contributed by atoms with E-state index in [1.165, 1.54) is 22.9 Å². The number of hydrogen-bond acceptors (Lipinski definition) is 6. The van der Waals surface area contributed by atoms with Gasteiger partial charge in [0.1, 0.15) is 6.54 Å². The highest BCUT2D eigenvalue weighted by Crippen LogP contribution is 2.34. The molecule has 0 radical (unpaired) electrons. The van der Waals surface area contributed by atoms with Gasteiger partial charge in [-0.15, -0.1) is 11.8 Å². The maximum atomic E-state index is 12.2. The number of carbonyl (C=O) groups excluding carboxylic acids is 2. The Morgan fingerprint density at radius 1 is 1.23 bits per heavy atom. The second kappa shape index (κ2) is 7.09. The summed E-state index contributed by atoms with van der Waals surface area (Å²) in [4.78, 5) is 26.8. The Balaban J connectivity index is 1.39. The SMILES string of the molecule is O=C(CN1C(=O)CSc2ccccc21)N/N=C\c1ccc2c(c1)OCO2. The number of carbonyl (C=O) groups is 2. The molecule has 0 atom stereocenters. The Hall–Kier alpha value is -3.00. The number of thioether (sulfide) groups is 1. The molecule has 0 bridgehead atoms. The van der Waals surface area contributed by atoms with Crippen molar-refractivity contribution >= 4 is 35.5 Å². The number of hydrazone groups is 1. The Bertz CT molecular complexity index is 900. The summed E-state index contributed by atoms with van der Waals surface area (Å²) in [6.45, 7) is 0.130. The highest BCUT2D eigenvalue weighted by atomic mass is 32.2. The Morgan fingerprint density at radius 2 is 2.08 bits per heavy atom. The van der Waals surface area contributed by atoms with E-state index in [1.807, 2.05) is 30.3 Å². The molecule has 2 aliphatic heterocycles. The van der Waals surface area contributed by atoms with Gasteiger partial charge >= 0.3 is 0 Å². The van der Waals surface area contributed by atoms with Crippen LogP contribution in [-0.2, 0) is 9.59 Å². The van der Waals surface area contributed by atoms with Crippen LogP contribution in [0.4, 0.5) is 5.69 Å². The molecule has 0 fully saturated rings. The van der Waals surface area contributed by atoms with Crippen LogP contribution in [0.15, 0.2) is 52.5 Å². The van der Waals surface area contributed by atoms with Crippen molar-refractivity contribution in [2.24, 2.45) is 5.10 Å². The molecule has 2 aromatic rings. The summed E-state index contributed by atoms with van der Waals surface area (Å²) in [5, 5.41) is 3.95. The third-order valence-corrected chi connectivity index (χ3v) is 4.96. The van der Waals surface area contributed by atoms with Gasteiger partial charge in [-0.25, -0.2) is 5.43 Å². The first kappa shape index (κ1) is 16.5. The van der Waals surface area contributed by atoms with Gasteiger partial charge in [0, 0.05) is 4.90 Å². The van der Waals surface area contributed by atoms with Crippen LogP contribution >= 0.6 is 11.8 Å². The summed E-state index contributed by atoms with van der Waals surface area (Å²) >= 11 is 1.48. The zero-order valence-corrected chi connectivity index (χ0v) is 14.5. The van der Waals surface area contributed by atoms with Crippen molar-refractivity contribution in [3.63, 3.8) is 0 Å². The molecular formula is C18H15N3O4S. The quantitative estimate of drug-likeness (QED) is 0.659. The van der Waals surface area contributed by atoms with Crippen LogP contribution in [0, 0.1) is 0 Å². The van der Waals surface area contributed by atoms with Crippen LogP contribution in [0.25, 0.3) is 0 Å². The molecule has 2 amide bonds. The van der Waals surface area contributed by atoms with Gasteiger partial charge in [-0.3, -0.25) is 9.59 Å². The number of amides is 2. The fourth-order valence-corrected chi connectivity index (χ4v) is 3.61. The average Bonchev–Trinajstić information content (AvgIpc) is 3.12. The number of rotatable bonds is 4. The summed E-state index contributed by atoms with van der Waals surface area (Å²) in [6, 6.07) is 12.9. The topological polar surface area (TPSA) is 80.2 Å². The van der Waals surface area contributed by atoms with E-state index in [4.69, 9.17) is 9.47 Å². The average molecular weight is 369 g/mol. The molecule has 8 heteroatoms. The summed E-state index contributed by atoms with van der Waals surface area (Å²) in [6.07, 6.45) is 1.52. The third-order valence-electron chi connectivity index (χ3n) is 3.91. The van der Waals surface area contributed by atoms with E-state index in [1.54, 1.807) is 12.1 Å². The smallest absolute Gasteiger partial charge is 0.260 e. The Morgan fingerprint density at radius 3 is 3.00 bits per heavy atom. The zero-order chi connectivity index (χ0) is 17.9. The minimum atomic E-state index is -0.364. The number of para-hydroxylation sites is 1. The fraction of sp³-hybridized carbons (Fsp3) is 0.167. The van der Waals surface area contributed by atoms with Crippen molar-refractivity contribution in [1.29, 1.82) is 0 Å². The van der Waals surface area contributed by atoms with Crippen molar-refractivity contribution in [2.75, 3.05) is 24.0 Å². The van der Waals surface area contributed by atoms with Crippen molar-refractivity contribution in [3.8, 4) is 11.5 Å².